The number of amides is 1. The van der Waals surface area contributed by atoms with Crippen molar-refractivity contribution >= 4 is 29.0 Å². The molecule has 162 valence electrons. The first-order valence-corrected chi connectivity index (χ1v) is 9.60. The lowest BCUT2D eigenvalue weighted by atomic mass is 10.0. The topological polar surface area (TPSA) is 131 Å². The molecule has 30 heavy (non-hydrogen) atoms. The van der Waals surface area contributed by atoms with Crippen LogP contribution in [0.15, 0.2) is 23.3 Å². The summed E-state index contributed by atoms with van der Waals surface area (Å²) in [7, 11) is 1.82. The van der Waals surface area contributed by atoms with Gasteiger partial charge in [0.2, 0.25) is 5.71 Å². The Labute approximate surface area is 175 Å². The highest BCUT2D eigenvalue weighted by Gasteiger charge is 2.29. The number of likely N-dealkylation sites (tertiary alicyclic amines) is 1. The van der Waals surface area contributed by atoms with Crippen LogP contribution in [-0.2, 0) is 4.74 Å². The quantitative estimate of drug-likeness (QED) is 0.384. The molecular weight excluding hydrogens is 389 g/mol. The molecule has 1 aliphatic rings. The van der Waals surface area contributed by atoms with E-state index in [2.05, 4.69) is 10.5 Å². The smallest absolute Gasteiger partial charge is 0.410 e. The van der Waals surface area contributed by atoms with E-state index in [9.17, 15) is 9.18 Å². The standard InChI is InChI=1S/C20H28FN7O2/c1-20(2,3)30-19(29)28-9-7-14(8-10-28)27(4)17-6-5-13(11-15(17)21)25-26-16(12-22)18(23)24/h5-6,11,14,25H,7-10H2,1-4H3,(H3,23,24)/b26-16+. The maximum Gasteiger partial charge on any atom is 0.410 e. The Balaban J connectivity index is 1.99. The second-order valence-corrected chi connectivity index (χ2v) is 8.07. The van der Waals surface area contributed by atoms with Crippen molar-refractivity contribution in [1.82, 2.24) is 4.90 Å². The van der Waals surface area contributed by atoms with E-state index in [-0.39, 0.29) is 17.8 Å². The predicted octanol–water partition coefficient (Wildman–Crippen LogP) is 2.89. The van der Waals surface area contributed by atoms with Crippen LogP contribution in [0.1, 0.15) is 33.6 Å². The Morgan fingerprint density at radius 1 is 1.43 bits per heavy atom. The van der Waals surface area contributed by atoms with E-state index in [1.807, 2.05) is 32.7 Å². The van der Waals surface area contributed by atoms with Crippen molar-refractivity contribution in [3.8, 4) is 6.07 Å². The van der Waals surface area contributed by atoms with Crippen LogP contribution in [0.2, 0.25) is 0 Å². The number of amidine groups is 1. The Morgan fingerprint density at radius 3 is 2.57 bits per heavy atom. The van der Waals surface area contributed by atoms with Crippen molar-refractivity contribution in [1.29, 1.82) is 10.7 Å². The van der Waals surface area contributed by atoms with Crippen molar-refractivity contribution in [2.45, 2.75) is 45.3 Å². The van der Waals surface area contributed by atoms with Crippen molar-refractivity contribution in [3.63, 3.8) is 0 Å². The van der Waals surface area contributed by atoms with E-state index in [0.29, 0.717) is 37.3 Å². The lowest BCUT2D eigenvalue weighted by molar-refractivity contribution is 0.0205. The zero-order valence-corrected chi connectivity index (χ0v) is 17.7. The van der Waals surface area contributed by atoms with Gasteiger partial charge in [-0.1, -0.05) is 0 Å². The second-order valence-electron chi connectivity index (χ2n) is 8.07. The summed E-state index contributed by atoms with van der Waals surface area (Å²) in [6.07, 6.45) is 1.07. The summed E-state index contributed by atoms with van der Waals surface area (Å²) >= 11 is 0. The van der Waals surface area contributed by atoms with Crippen molar-refractivity contribution < 1.29 is 13.9 Å². The summed E-state index contributed by atoms with van der Waals surface area (Å²) < 4.78 is 20.1. The number of hydrazone groups is 1. The minimum atomic E-state index is -0.536. The van der Waals surface area contributed by atoms with Crippen LogP contribution in [0, 0.1) is 22.6 Å². The number of rotatable bonds is 5. The van der Waals surface area contributed by atoms with E-state index >= 15 is 0 Å². The van der Waals surface area contributed by atoms with Gasteiger partial charge < -0.3 is 20.3 Å². The molecule has 9 nitrogen and oxygen atoms in total. The molecule has 2 rings (SSSR count). The molecule has 0 saturated carbocycles. The van der Waals surface area contributed by atoms with Gasteiger partial charge in [-0.15, -0.1) is 0 Å². The van der Waals surface area contributed by atoms with Crippen LogP contribution in [-0.4, -0.2) is 54.3 Å². The Bertz CT molecular complexity index is 865. The fourth-order valence-electron chi connectivity index (χ4n) is 3.09. The highest BCUT2D eigenvalue weighted by Crippen LogP contribution is 2.27. The fourth-order valence-corrected chi connectivity index (χ4v) is 3.09. The highest BCUT2D eigenvalue weighted by atomic mass is 19.1. The summed E-state index contributed by atoms with van der Waals surface area (Å²) in [5.74, 6) is -0.923. The molecule has 1 aromatic carbocycles. The average Bonchev–Trinajstić information content (AvgIpc) is 2.66. The number of nitrogens with zero attached hydrogens (tertiary/aromatic N) is 4. The number of piperidine rings is 1. The van der Waals surface area contributed by atoms with Gasteiger partial charge in [0, 0.05) is 32.2 Å². The van der Waals surface area contributed by atoms with Gasteiger partial charge in [-0.2, -0.15) is 10.4 Å². The highest BCUT2D eigenvalue weighted by molar-refractivity contribution is 6.45. The lowest BCUT2D eigenvalue weighted by Crippen LogP contribution is -2.47. The van der Waals surface area contributed by atoms with Gasteiger partial charge in [0.25, 0.3) is 0 Å². The van der Waals surface area contributed by atoms with E-state index < -0.39 is 17.3 Å². The number of anilines is 2. The van der Waals surface area contributed by atoms with Crippen LogP contribution in [0.3, 0.4) is 0 Å². The number of nitrogens with one attached hydrogen (secondary N) is 2. The molecule has 1 heterocycles. The third kappa shape index (κ3) is 6.07. The third-order valence-electron chi connectivity index (χ3n) is 4.65. The van der Waals surface area contributed by atoms with Gasteiger partial charge in [0.1, 0.15) is 17.5 Å². The molecule has 10 heteroatoms. The summed E-state index contributed by atoms with van der Waals surface area (Å²) in [4.78, 5) is 15.7. The summed E-state index contributed by atoms with van der Waals surface area (Å²) in [6, 6.07) is 6.27. The molecule has 4 N–H and O–H groups in total. The van der Waals surface area contributed by atoms with Crippen molar-refractivity contribution in [3.05, 3.63) is 24.0 Å². The number of hydrogen-bond acceptors (Lipinski definition) is 7. The van der Waals surface area contributed by atoms with Gasteiger partial charge in [-0.05, 0) is 45.7 Å². The van der Waals surface area contributed by atoms with Crippen LogP contribution < -0.4 is 16.1 Å². The van der Waals surface area contributed by atoms with Crippen molar-refractivity contribution in [2.75, 3.05) is 30.5 Å². The molecule has 0 bridgehead atoms. The monoisotopic (exact) mass is 417 g/mol. The van der Waals surface area contributed by atoms with Crippen LogP contribution >= 0.6 is 0 Å². The molecule has 0 spiro atoms. The van der Waals surface area contributed by atoms with Crippen LogP contribution in [0.5, 0.6) is 0 Å². The SMILES string of the molecule is CN(c1ccc(N/N=C(\C#N)C(=N)N)cc1F)C1CCN(C(=O)OC(C)(C)C)CC1. The summed E-state index contributed by atoms with van der Waals surface area (Å²) in [5, 5.41) is 19.8. The normalized spacial score (nSPS) is 15.3. The molecular formula is C20H28FN7O2. The van der Waals surface area contributed by atoms with Crippen LogP contribution in [0.25, 0.3) is 0 Å². The van der Waals surface area contributed by atoms with Gasteiger partial charge in [0.05, 0.1) is 11.4 Å². The molecule has 1 aliphatic heterocycles. The average molecular weight is 417 g/mol. The minimum Gasteiger partial charge on any atom is -0.444 e. The Hall–Kier alpha value is -3.35. The number of ether oxygens (including phenoxy) is 1. The number of halogens is 1. The van der Waals surface area contributed by atoms with E-state index in [4.69, 9.17) is 21.1 Å². The number of benzene rings is 1. The zero-order valence-electron chi connectivity index (χ0n) is 17.7. The number of carbonyl (C=O) groups is 1. The third-order valence-corrected chi connectivity index (χ3v) is 4.65. The molecule has 0 atom stereocenters. The summed E-state index contributed by atoms with van der Waals surface area (Å²) in [5.41, 5.74) is 7.69. The van der Waals surface area contributed by atoms with E-state index in [1.165, 1.54) is 6.07 Å². The maximum atomic E-state index is 14.7. The Kier molecular flexibility index (Phi) is 7.21. The maximum absolute atomic E-state index is 14.7. The predicted molar refractivity (Wildman–Crippen MR) is 114 cm³/mol. The molecule has 1 saturated heterocycles. The number of nitrogens with two attached hydrogens (primary N) is 1. The lowest BCUT2D eigenvalue weighted by Gasteiger charge is -2.38. The molecule has 1 amide bonds. The van der Waals surface area contributed by atoms with E-state index in [0.717, 1.165) is 0 Å². The van der Waals surface area contributed by atoms with Crippen LogP contribution in [0.4, 0.5) is 20.6 Å². The first-order valence-electron chi connectivity index (χ1n) is 9.60. The number of hydrogen-bond donors (Lipinski definition) is 3. The summed E-state index contributed by atoms with van der Waals surface area (Å²) in [6.45, 7) is 6.58. The molecule has 1 fully saturated rings. The molecule has 0 aromatic heterocycles. The molecule has 1 aromatic rings. The first kappa shape index (κ1) is 22.9. The van der Waals surface area contributed by atoms with Gasteiger partial charge in [-0.3, -0.25) is 10.8 Å². The minimum absolute atomic E-state index is 0.0814. The van der Waals surface area contributed by atoms with Gasteiger partial charge in [0.15, 0.2) is 5.84 Å². The van der Waals surface area contributed by atoms with E-state index in [1.54, 1.807) is 23.1 Å². The zero-order chi connectivity index (χ0) is 22.5. The fraction of sp³-hybridized carbons (Fsp3) is 0.500. The molecule has 0 radical (unpaired) electrons. The largest absolute Gasteiger partial charge is 0.444 e. The van der Waals surface area contributed by atoms with Gasteiger partial charge in [-0.25, -0.2) is 9.18 Å². The van der Waals surface area contributed by atoms with Crippen molar-refractivity contribution in [2.24, 2.45) is 10.8 Å². The Morgan fingerprint density at radius 2 is 2.07 bits per heavy atom. The number of carbonyl (C=O) groups excluding carboxylic acids is 1. The molecule has 0 unspecified atom stereocenters. The first-order chi connectivity index (χ1) is 14.0. The number of nitriles is 1. The molecule has 0 aliphatic carbocycles. The second kappa shape index (κ2) is 9.43. The van der Waals surface area contributed by atoms with Gasteiger partial charge >= 0.3 is 6.09 Å².